The lowest BCUT2D eigenvalue weighted by Gasteiger charge is -2.74. The third-order valence-electron chi connectivity index (χ3n) is 10.6. The van der Waals surface area contributed by atoms with E-state index in [4.69, 9.17) is 0 Å². The fourth-order valence-corrected chi connectivity index (χ4v) is 8.68. The fourth-order valence-electron chi connectivity index (χ4n) is 8.68. The van der Waals surface area contributed by atoms with Gasteiger partial charge in [0.25, 0.3) is 0 Å². The van der Waals surface area contributed by atoms with Crippen molar-refractivity contribution in [2.45, 2.75) is 66.7 Å². The van der Waals surface area contributed by atoms with E-state index < -0.39 is 0 Å². The van der Waals surface area contributed by atoms with Crippen LogP contribution in [-0.2, 0) is 4.79 Å². The van der Waals surface area contributed by atoms with Crippen molar-refractivity contribution in [1.82, 2.24) is 10.2 Å². The Labute approximate surface area is 207 Å². The van der Waals surface area contributed by atoms with Crippen molar-refractivity contribution >= 4 is 5.91 Å². The normalized spacial score (nSPS) is 36.8. The molecule has 2 saturated heterocycles. The molecule has 5 rings (SSSR count). The van der Waals surface area contributed by atoms with Crippen molar-refractivity contribution in [1.29, 1.82) is 0 Å². The molecule has 1 saturated carbocycles. The summed E-state index contributed by atoms with van der Waals surface area (Å²) in [5.41, 5.74) is 4.30. The average molecular weight is 461 g/mol. The van der Waals surface area contributed by atoms with Crippen molar-refractivity contribution in [3.63, 3.8) is 0 Å². The molecule has 2 heterocycles. The van der Waals surface area contributed by atoms with Crippen molar-refractivity contribution in [2.75, 3.05) is 19.6 Å². The van der Waals surface area contributed by atoms with Crippen LogP contribution in [0.15, 0.2) is 53.8 Å². The van der Waals surface area contributed by atoms with E-state index in [9.17, 15) is 4.79 Å². The third kappa shape index (κ3) is 3.37. The zero-order valence-electron chi connectivity index (χ0n) is 22.1. The molecule has 3 fully saturated rings. The summed E-state index contributed by atoms with van der Waals surface area (Å²) in [4.78, 5) is 16.0. The minimum atomic E-state index is 0.0713. The minimum absolute atomic E-state index is 0.0713. The molecule has 2 aliphatic carbocycles. The Morgan fingerprint density at radius 2 is 1.79 bits per heavy atom. The van der Waals surface area contributed by atoms with Crippen LogP contribution in [0, 0.1) is 40.4 Å². The van der Waals surface area contributed by atoms with Gasteiger partial charge in [-0.05, 0) is 84.1 Å². The van der Waals surface area contributed by atoms with Crippen molar-refractivity contribution < 1.29 is 4.79 Å². The first kappa shape index (κ1) is 23.9. The second-order valence-electron chi connectivity index (χ2n) is 12.3. The summed E-state index contributed by atoms with van der Waals surface area (Å²) in [7, 11) is 0. The van der Waals surface area contributed by atoms with Crippen LogP contribution in [0.1, 0.15) is 72.3 Å². The third-order valence-corrected chi connectivity index (χ3v) is 10.6. The molecule has 0 bridgehead atoms. The van der Waals surface area contributed by atoms with Crippen LogP contribution in [0.5, 0.6) is 0 Å². The van der Waals surface area contributed by atoms with Crippen LogP contribution < -0.4 is 5.32 Å². The van der Waals surface area contributed by atoms with E-state index >= 15 is 0 Å². The number of carbonyl (C=O) groups is 1. The first-order valence-corrected chi connectivity index (χ1v) is 13.7. The van der Waals surface area contributed by atoms with Gasteiger partial charge in [-0.1, -0.05) is 78.0 Å². The van der Waals surface area contributed by atoms with Gasteiger partial charge < -0.3 is 5.32 Å². The van der Waals surface area contributed by atoms with Crippen LogP contribution in [0.4, 0.5) is 0 Å². The van der Waals surface area contributed by atoms with Crippen LogP contribution in [0.3, 0.4) is 0 Å². The first-order chi connectivity index (χ1) is 16.2. The van der Waals surface area contributed by atoms with E-state index in [1.165, 1.54) is 29.7 Å². The summed E-state index contributed by atoms with van der Waals surface area (Å²) in [6.45, 7) is 17.5. The molecule has 1 aromatic rings. The Hall–Kier alpha value is -1.87. The van der Waals surface area contributed by atoms with E-state index in [0.717, 1.165) is 26.1 Å². The molecule has 1 amide bonds. The quantitative estimate of drug-likeness (QED) is 0.533. The summed E-state index contributed by atoms with van der Waals surface area (Å²) in [5, 5.41) is 3.40. The number of allylic oxidation sites excluding steroid dienone is 2. The van der Waals surface area contributed by atoms with Gasteiger partial charge in [0.1, 0.15) is 0 Å². The lowest BCUT2D eigenvalue weighted by molar-refractivity contribution is -0.226. The minimum Gasteiger partial charge on any atom is -0.329 e. The van der Waals surface area contributed by atoms with Crippen molar-refractivity contribution in [2.24, 2.45) is 40.4 Å². The summed E-state index contributed by atoms with van der Waals surface area (Å²) in [6.07, 6.45) is 8.35. The molecule has 0 aromatic heterocycles. The van der Waals surface area contributed by atoms with Gasteiger partial charge in [-0.3, -0.25) is 9.69 Å². The summed E-state index contributed by atoms with van der Waals surface area (Å²) >= 11 is 0. The van der Waals surface area contributed by atoms with Crippen LogP contribution in [0.2, 0.25) is 0 Å². The van der Waals surface area contributed by atoms with Crippen molar-refractivity contribution in [3.8, 4) is 0 Å². The molecule has 4 aliphatic rings. The highest BCUT2D eigenvalue weighted by molar-refractivity contribution is 5.84. The number of nitrogens with zero attached hydrogens (tertiary/aromatic N) is 1. The highest BCUT2D eigenvalue weighted by Gasteiger charge is 2.74. The highest BCUT2D eigenvalue weighted by atomic mass is 16.2. The molecule has 34 heavy (non-hydrogen) atoms. The fraction of sp³-hybridized carbons (Fsp3) is 0.645. The van der Waals surface area contributed by atoms with Crippen molar-refractivity contribution in [3.05, 3.63) is 59.3 Å². The lowest BCUT2D eigenvalue weighted by atomic mass is 9.30. The zero-order valence-corrected chi connectivity index (χ0v) is 22.1. The lowest BCUT2D eigenvalue weighted by Crippen LogP contribution is -2.74. The molecule has 1 aromatic carbocycles. The van der Waals surface area contributed by atoms with Crippen LogP contribution >= 0.6 is 0 Å². The molecule has 6 unspecified atom stereocenters. The topological polar surface area (TPSA) is 32.3 Å². The van der Waals surface area contributed by atoms with Crippen LogP contribution in [0.25, 0.3) is 0 Å². The number of hydrogen-bond acceptors (Lipinski definition) is 2. The Bertz CT molecular complexity index is 986. The summed E-state index contributed by atoms with van der Waals surface area (Å²) in [6, 6.07) is 11.0. The van der Waals surface area contributed by atoms with Gasteiger partial charge in [0.05, 0.1) is 0 Å². The maximum Gasteiger partial charge on any atom is 0.227 e. The number of carbonyl (C=O) groups excluding carboxylic acids is 1. The van der Waals surface area contributed by atoms with E-state index in [1.54, 1.807) is 0 Å². The Morgan fingerprint density at radius 1 is 1.12 bits per heavy atom. The summed E-state index contributed by atoms with van der Waals surface area (Å²) in [5.74, 6) is 3.09. The molecule has 0 radical (unpaired) electrons. The molecular weight excluding hydrogens is 416 g/mol. The molecular formula is C31H44N2O. The van der Waals surface area contributed by atoms with Gasteiger partial charge in [0.2, 0.25) is 5.91 Å². The van der Waals surface area contributed by atoms with Crippen LogP contribution in [-0.4, -0.2) is 30.4 Å². The molecule has 2 aliphatic heterocycles. The second-order valence-corrected chi connectivity index (χ2v) is 12.3. The number of likely N-dealkylation sites (tertiary alicyclic amines) is 1. The van der Waals surface area contributed by atoms with Gasteiger partial charge in [-0.25, -0.2) is 0 Å². The summed E-state index contributed by atoms with van der Waals surface area (Å²) < 4.78 is 0. The standard InChI is InChI=1S/C31H44N2O/c1-7-26-29(34)32-27-17-23(18-30(6)22(5)31(26,28(27)30)21(4)20(2)3)19-33-15-13-25(14-16-33)24-11-9-8-10-12-24/h8-12,17-18,20-22,25-26,28H,7,13-16,19H2,1-6H3,(H,32,34). The second kappa shape index (κ2) is 8.66. The first-order valence-electron chi connectivity index (χ1n) is 13.7. The molecule has 6 atom stereocenters. The number of hydrogen-bond donors (Lipinski definition) is 1. The smallest absolute Gasteiger partial charge is 0.227 e. The predicted octanol–water partition coefficient (Wildman–Crippen LogP) is 6.40. The van der Waals surface area contributed by atoms with E-state index in [1.807, 2.05) is 0 Å². The molecule has 0 spiro atoms. The number of amides is 1. The monoisotopic (exact) mass is 460 g/mol. The number of piperidine rings is 2. The number of nitrogens with one attached hydrogen (secondary N) is 1. The van der Waals surface area contributed by atoms with Gasteiger partial charge >= 0.3 is 0 Å². The average Bonchev–Trinajstić information content (AvgIpc) is 2.83. The molecule has 184 valence electrons. The molecule has 3 nitrogen and oxygen atoms in total. The van der Waals surface area contributed by atoms with Gasteiger partial charge in [-0.2, -0.15) is 0 Å². The molecule has 1 N–H and O–H groups in total. The number of benzene rings is 1. The number of rotatable bonds is 6. The zero-order chi connectivity index (χ0) is 24.3. The van der Waals surface area contributed by atoms with Gasteiger partial charge in [-0.15, -0.1) is 0 Å². The predicted molar refractivity (Wildman–Crippen MR) is 140 cm³/mol. The van der Waals surface area contributed by atoms with Gasteiger partial charge in [0.15, 0.2) is 0 Å². The van der Waals surface area contributed by atoms with E-state index in [-0.39, 0.29) is 22.7 Å². The van der Waals surface area contributed by atoms with Gasteiger partial charge in [0, 0.05) is 24.1 Å². The maximum atomic E-state index is 13.4. The van der Waals surface area contributed by atoms with E-state index in [0.29, 0.717) is 29.6 Å². The SMILES string of the molecule is CCC1C(=O)NC2=CC(CN3CCC(c4ccccc4)CC3)=CC3(C)C(C)C1(C(C)C(C)C)C23. The molecule has 3 heteroatoms. The van der Waals surface area contributed by atoms with E-state index in [2.05, 4.69) is 94.2 Å². The Balaban J connectivity index is 1.37. The maximum absolute atomic E-state index is 13.4. The largest absolute Gasteiger partial charge is 0.329 e. The Kier molecular flexibility index (Phi) is 6.07. The highest BCUT2D eigenvalue weighted by Crippen LogP contribution is 2.75. The Morgan fingerprint density at radius 3 is 2.41 bits per heavy atom.